The Morgan fingerprint density at radius 1 is 1.00 bits per heavy atom. The van der Waals surface area contributed by atoms with Gasteiger partial charge in [-0.3, -0.25) is 20.2 Å². The Morgan fingerprint density at radius 2 is 1.71 bits per heavy atom. The molecular formula is C14H13N3O4. The molecule has 0 saturated carbocycles. The van der Waals surface area contributed by atoms with Crippen molar-refractivity contribution in [1.82, 2.24) is 0 Å². The largest absolute Gasteiger partial charge is 0.372 e. The zero-order chi connectivity index (χ0) is 15.2. The van der Waals surface area contributed by atoms with Gasteiger partial charge in [-0.2, -0.15) is 0 Å². The van der Waals surface area contributed by atoms with Gasteiger partial charge in [0.25, 0.3) is 5.69 Å². The minimum Gasteiger partial charge on any atom is -0.372 e. The first-order chi connectivity index (χ1) is 10.1. The van der Waals surface area contributed by atoms with Crippen molar-refractivity contribution in [2.24, 2.45) is 0 Å². The molecule has 2 rings (SSSR count). The summed E-state index contributed by atoms with van der Waals surface area (Å²) < 4.78 is 0. The van der Waals surface area contributed by atoms with Crippen LogP contribution in [0.3, 0.4) is 0 Å². The summed E-state index contributed by atoms with van der Waals surface area (Å²) in [6.45, 7) is -0.365. The van der Waals surface area contributed by atoms with E-state index < -0.39 is 15.9 Å². The highest BCUT2D eigenvalue weighted by atomic mass is 16.6. The molecule has 0 spiro atoms. The molecule has 7 heteroatoms. The van der Waals surface area contributed by atoms with E-state index in [1.807, 2.05) is 6.07 Å². The fourth-order valence-corrected chi connectivity index (χ4v) is 1.97. The number of non-ortho nitro benzene ring substituents is 1. The maximum Gasteiger partial charge on any atom is 0.269 e. The van der Waals surface area contributed by atoms with Gasteiger partial charge in [-0.05, 0) is 17.7 Å². The molecule has 0 fully saturated rings. The molecule has 0 radical (unpaired) electrons. The number of nitrogens with zero attached hydrogens (tertiary/aromatic N) is 2. The minimum absolute atomic E-state index is 0.0873. The lowest BCUT2D eigenvalue weighted by molar-refractivity contribution is -0.482. The number of rotatable bonds is 6. The first-order valence-electron chi connectivity index (χ1n) is 6.24. The summed E-state index contributed by atoms with van der Waals surface area (Å²) in [4.78, 5) is 20.7. The van der Waals surface area contributed by atoms with E-state index in [9.17, 15) is 20.2 Å². The second-order valence-corrected chi connectivity index (χ2v) is 4.43. The zero-order valence-corrected chi connectivity index (χ0v) is 11.0. The van der Waals surface area contributed by atoms with Crippen LogP contribution >= 0.6 is 0 Å². The van der Waals surface area contributed by atoms with Crippen LogP contribution in [-0.4, -0.2) is 16.4 Å². The van der Waals surface area contributed by atoms with Crippen molar-refractivity contribution >= 4 is 11.4 Å². The number of anilines is 1. The lowest BCUT2D eigenvalue weighted by Gasteiger charge is -2.16. The molecule has 0 aliphatic rings. The summed E-state index contributed by atoms with van der Waals surface area (Å²) >= 11 is 0. The Morgan fingerprint density at radius 3 is 2.33 bits per heavy atom. The van der Waals surface area contributed by atoms with E-state index in [0.29, 0.717) is 5.56 Å². The van der Waals surface area contributed by atoms with Crippen molar-refractivity contribution in [1.29, 1.82) is 0 Å². The van der Waals surface area contributed by atoms with Crippen LogP contribution in [-0.2, 0) is 0 Å². The average Bonchev–Trinajstić information content (AvgIpc) is 2.47. The third kappa shape index (κ3) is 4.00. The summed E-state index contributed by atoms with van der Waals surface area (Å²) in [6.07, 6.45) is 0. The number of hydrogen-bond acceptors (Lipinski definition) is 5. The molecule has 21 heavy (non-hydrogen) atoms. The fraction of sp³-hybridized carbons (Fsp3) is 0.143. The van der Waals surface area contributed by atoms with E-state index in [1.54, 1.807) is 30.3 Å². The molecule has 0 aliphatic carbocycles. The SMILES string of the molecule is O=[N+]([O-])CC(Nc1ccccc1)c1cccc([N+](=O)[O-])c1. The van der Waals surface area contributed by atoms with Crippen LogP contribution in [0.25, 0.3) is 0 Å². The van der Waals surface area contributed by atoms with E-state index in [1.165, 1.54) is 18.2 Å². The van der Waals surface area contributed by atoms with Crippen LogP contribution in [0.5, 0.6) is 0 Å². The van der Waals surface area contributed by atoms with Crippen LogP contribution in [0.15, 0.2) is 54.6 Å². The van der Waals surface area contributed by atoms with Gasteiger partial charge < -0.3 is 5.32 Å². The van der Waals surface area contributed by atoms with Gasteiger partial charge in [-0.1, -0.05) is 30.3 Å². The lowest BCUT2D eigenvalue weighted by Crippen LogP contribution is -2.20. The molecule has 2 aromatic carbocycles. The summed E-state index contributed by atoms with van der Waals surface area (Å²) in [5.41, 5.74) is 1.14. The number of para-hydroxylation sites is 1. The fourth-order valence-electron chi connectivity index (χ4n) is 1.97. The smallest absolute Gasteiger partial charge is 0.269 e. The highest BCUT2D eigenvalue weighted by Gasteiger charge is 2.19. The van der Waals surface area contributed by atoms with Gasteiger partial charge in [0.05, 0.1) is 4.92 Å². The summed E-state index contributed by atoms with van der Waals surface area (Å²) in [6, 6.07) is 14.2. The van der Waals surface area contributed by atoms with Crippen molar-refractivity contribution < 1.29 is 9.85 Å². The molecule has 7 nitrogen and oxygen atoms in total. The van der Waals surface area contributed by atoms with E-state index in [4.69, 9.17) is 0 Å². The second kappa shape index (κ2) is 6.47. The number of nitro benzene ring substituents is 1. The van der Waals surface area contributed by atoms with Gasteiger partial charge in [0, 0.05) is 22.7 Å². The Hall–Kier alpha value is -2.96. The zero-order valence-electron chi connectivity index (χ0n) is 11.0. The van der Waals surface area contributed by atoms with E-state index in [2.05, 4.69) is 5.32 Å². The number of hydrogen-bond donors (Lipinski definition) is 1. The summed E-state index contributed by atoms with van der Waals surface area (Å²) in [5, 5.41) is 24.7. The Labute approximate surface area is 120 Å². The van der Waals surface area contributed by atoms with Crippen molar-refractivity contribution in [2.45, 2.75) is 6.04 Å². The molecule has 0 amide bonds. The monoisotopic (exact) mass is 287 g/mol. The molecule has 0 aromatic heterocycles. The van der Waals surface area contributed by atoms with Gasteiger partial charge in [-0.25, -0.2) is 0 Å². The standard InChI is InChI=1S/C14H13N3O4/c18-16(19)10-14(15-12-6-2-1-3-7-12)11-5-4-8-13(9-11)17(20)21/h1-9,14-15H,10H2. The third-order valence-corrected chi connectivity index (χ3v) is 2.93. The maximum atomic E-state index is 10.8. The normalized spacial score (nSPS) is 11.6. The van der Waals surface area contributed by atoms with Gasteiger partial charge in [0.15, 0.2) is 0 Å². The second-order valence-electron chi connectivity index (χ2n) is 4.43. The van der Waals surface area contributed by atoms with Crippen LogP contribution in [0, 0.1) is 20.2 Å². The Kier molecular flexibility index (Phi) is 4.45. The highest BCUT2D eigenvalue weighted by molar-refractivity contribution is 5.46. The molecule has 0 aliphatic heterocycles. The van der Waals surface area contributed by atoms with Crippen LogP contribution in [0.1, 0.15) is 11.6 Å². The quantitative estimate of drug-likeness (QED) is 0.650. The molecule has 0 bridgehead atoms. The molecular weight excluding hydrogens is 274 g/mol. The molecule has 0 saturated heterocycles. The molecule has 1 unspecified atom stereocenters. The van der Waals surface area contributed by atoms with Crippen LogP contribution in [0.2, 0.25) is 0 Å². The van der Waals surface area contributed by atoms with Crippen molar-refractivity contribution in [3.63, 3.8) is 0 Å². The predicted molar refractivity (Wildman–Crippen MR) is 77.8 cm³/mol. The number of nitrogens with one attached hydrogen (secondary N) is 1. The molecule has 108 valence electrons. The topological polar surface area (TPSA) is 98.3 Å². The molecule has 2 aromatic rings. The first kappa shape index (κ1) is 14.4. The van der Waals surface area contributed by atoms with E-state index in [0.717, 1.165) is 5.69 Å². The lowest BCUT2D eigenvalue weighted by atomic mass is 10.1. The van der Waals surface area contributed by atoms with Crippen LogP contribution in [0.4, 0.5) is 11.4 Å². The number of nitro groups is 2. The van der Waals surface area contributed by atoms with E-state index >= 15 is 0 Å². The van der Waals surface area contributed by atoms with E-state index in [-0.39, 0.29) is 12.2 Å². The van der Waals surface area contributed by atoms with Gasteiger partial charge >= 0.3 is 0 Å². The molecule has 1 atom stereocenters. The van der Waals surface area contributed by atoms with Crippen molar-refractivity contribution in [3.05, 3.63) is 80.4 Å². The molecule has 1 N–H and O–H groups in total. The minimum atomic E-state index is -0.637. The summed E-state index contributed by atoms with van der Waals surface area (Å²) in [7, 11) is 0. The third-order valence-electron chi connectivity index (χ3n) is 2.93. The summed E-state index contributed by atoms with van der Waals surface area (Å²) in [5.74, 6) is 0. The Bertz CT molecular complexity index is 646. The highest BCUT2D eigenvalue weighted by Crippen LogP contribution is 2.23. The first-order valence-corrected chi connectivity index (χ1v) is 6.24. The Balaban J connectivity index is 2.29. The average molecular weight is 287 g/mol. The van der Waals surface area contributed by atoms with Crippen LogP contribution < -0.4 is 5.32 Å². The van der Waals surface area contributed by atoms with Crippen molar-refractivity contribution in [2.75, 3.05) is 11.9 Å². The van der Waals surface area contributed by atoms with Gasteiger partial charge in [0.2, 0.25) is 6.54 Å². The van der Waals surface area contributed by atoms with Gasteiger partial charge in [0.1, 0.15) is 6.04 Å². The molecule has 0 heterocycles. The number of benzene rings is 2. The van der Waals surface area contributed by atoms with Crippen molar-refractivity contribution in [3.8, 4) is 0 Å². The maximum absolute atomic E-state index is 10.8. The predicted octanol–water partition coefficient (Wildman–Crippen LogP) is 3.02. The van der Waals surface area contributed by atoms with Gasteiger partial charge in [-0.15, -0.1) is 0 Å².